The molecular formula is C15H25O2-. The summed E-state index contributed by atoms with van der Waals surface area (Å²) in [6.45, 7) is 3.90. The molecule has 2 heteroatoms. The summed E-state index contributed by atoms with van der Waals surface area (Å²) in [6.07, 6.45) is 15.9. The Hall–Kier alpha value is -1.05. The van der Waals surface area contributed by atoms with Gasteiger partial charge in [0.1, 0.15) is 0 Å². The molecule has 0 bridgehead atoms. The van der Waals surface area contributed by atoms with Crippen molar-refractivity contribution in [3.63, 3.8) is 0 Å². The highest BCUT2D eigenvalue weighted by atomic mass is 16.4. The van der Waals surface area contributed by atoms with E-state index in [1.165, 1.54) is 12.8 Å². The number of rotatable bonds is 10. The second kappa shape index (κ2) is 11.4. The van der Waals surface area contributed by atoms with Crippen molar-refractivity contribution in [1.29, 1.82) is 0 Å². The Kier molecular flexibility index (Phi) is 10.7. The van der Waals surface area contributed by atoms with Crippen molar-refractivity contribution in [3.8, 4) is 0 Å². The van der Waals surface area contributed by atoms with E-state index in [1.807, 2.05) is 0 Å². The molecule has 0 aromatic heterocycles. The highest BCUT2D eigenvalue weighted by molar-refractivity contribution is 5.66. The molecule has 2 nitrogen and oxygen atoms in total. The molecule has 1 atom stereocenters. The van der Waals surface area contributed by atoms with Crippen molar-refractivity contribution in [2.75, 3.05) is 0 Å². The topological polar surface area (TPSA) is 40.1 Å². The second-order valence-corrected chi connectivity index (χ2v) is 4.50. The predicted molar refractivity (Wildman–Crippen MR) is 70.4 cm³/mol. The standard InChI is InChI=1S/C15H26O2/c1-3-4-5-6-7-8-9-10-11-12-13-14(2)15(16)17/h6-9,14H,3-5,10-13H2,1-2H3,(H,16,17)/p-1/b7-6+,9-8-. The Balaban J connectivity index is 3.36. The van der Waals surface area contributed by atoms with Crippen LogP contribution in [0.2, 0.25) is 0 Å². The lowest BCUT2D eigenvalue weighted by atomic mass is 10.0. The Labute approximate surface area is 105 Å². The van der Waals surface area contributed by atoms with Gasteiger partial charge in [0.15, 0.2) is 0 Å². The molecule has 0 amide bonds. The van der Waals surface area contributed by atoms with Crippen LogP contribution in [0.25, 0.3) is 0 Å². The first-order chi connectivity index (χ1) is 8.18. The van der Waals surface area contributed by atoms with E-state index in [0.29, 0.717) is 0 Å². The lowest BCUT2D eigenvalue weighted by molar-refractivity contribution is -0.311. The first-order valence-corrected chi connectivity index (χ1v) is 6.71. The third kappa shape index (κ3) is 11.2. The van der Waals surface area contributed by atoms with E-state index in [0.717, 1.165) is 32.1 Å². The van der Waals surface area contributed by atoms with Crippen LogP contribution in [0.5, 0.6) is 0 Å². The fraction of sp³-hybridized carbons (Fsp3) is 0.667. The van der Waals surface area contributed by atoms with Crippen molar-refractivity contribution in [1.82, 2.24) is 0 Å². The van der Waals surface area contributed by atoms with Crippen LogP contribution in [-0.4, -0.2) is 5.97 Å². The van der Waals surface area contributed by atoms with E-state index in [9.17, 15) is 9.90 Å². The van der Waals surface area contributed by atoms with Gasteiger partial charge in [-0.2, -0.15) is 0 Å². The number of unbranched alkanes of at least 4 members (excludes halogenated alkanes) is 4. The van der Waals surface area contributed by atoms with Crippen LogP contribution in [-0.2, 0) is 4.79 Å². The van der Waals surface area contributed by atoms with E-state index in [1.54, 1.807) is 6.92 Å². The molecular weight excluding hydrogens is 212 g/mol. The molecule has 0 radical (unpaired) electrons. The normalized spacial score (nSPS) is 13.5. The van der Waals surface area contributed by atoms with E-state index >= 15 is 0 Å². The number of carbonyl (C=O) groups excluding carboxylic acids is 1. The van der Waals surface area contributed by atoms with Gasteiger partial charge in [-0.05, 0) is 31.6 Å². The second-order valence-electron chi connectivity index (χ2n) is 4.50. The maximum Gasteiger partial charge on any atom is 0.0442 e. The van der Waals surface area contributed by atoms with Crippen LogP contribution in [0.4, 0.5) is 0 Å². The van der Waals surface area contributed by atoms with Crippen molar-refractivity contribution in [2.24, 2.45) is 5.92 Å². The molecule has 0 fully saturated rings. The molecule has 0 aliphatic heterocycles. The number of allylic oxidation sites excluding steroid dienone is 4. The maximum absolute atomic E-state index is 10.5. The van der Waals surface area contributed by atoms with Crippen LogP contribution in [0, 0.1) is 5.92 Å². The molecule has 0 N–H and O–H groups in total. The third-order valence-electron chi connectivity index (χ3n) is 2.77. The molecule has 98 valence electrons. The largest absolute Gasteiger partial charge is 0.550 e. The minimum Gasteiger partial charge on any atom is -0.550 e. The van der Waals surface area contributed by atoms with Crippen molar-refractivity contribution in [3.05, 3.63) is 24.3 Å². The van der Waals surface area contributed by atoms with Gasteiger partial charge in [-0.25, -0.2) is 0 Å². The van der Waals surface area contributed by atoms with Crippen LogP contribution in [0.15, 0.2) is 24.3 Å². The third-order valence-corrected chi connectivity index (χ3v) is 2.77. The van der Waals surface area contributed by atoms with Gasteiger partial charge in [0.05, 0.1) is 0 Å². The van der Waals surface area contributed by atoms with E-state index in [-0.39, 0.29) is 5.92 Å². The summed E-state index contributed by atoms with van der Waals surface area (Å²) in [5, 5.41) is 10.5. The van der Waals surface area contributed by atoms with Crippen LogP contribution in [0.3, 0.4) is 0 Å². The molecule has 0 aliphatic carbocycles. The highest BCUT2D eigenvalue weighted by Gasteiger charge is 2.00. The van der Waals surface area contributed by atoms with Gasteiger partial charge in [0.2, 0.25) is 0 Å². The van der Waals surface area contributed by atoms with Gasteiger partial charge in [0.25, 0.3) is 0 Å². The Morgan fingerprint density at radius 3 is 2.24 bits per heavy atom. The number of carboxylic acid groups (broad SMARTS) is 1. The fourth-order valence-corrected chi connectivity index (χ4v) is 1.50. The van der Waals surface area contributed by atoms with Crippen LogP contribution < -0.4 is 5.11 Å². The average Bonchev–Trinajstić information content (AvgIpc) is 2.31. The van der Waals surface area contributed by atoms with E-state index in [4.69, 9.17) is 0 Å². The van der Waals surface area contributed by atoms with Crippen LogP contribution in [0.1, 0.15) is 58.8 Å². The highest BCUT2D eigenvalue weighted by Crippen LogP contribution is 2.08. The summed E-state index contributed by atoms with van der Waals surface area (Å²) in [4.78, 5) is 10.5. The smallest absolute Gasteiger partial charge is 0.0442 e. The Morgan fingerprint density at radius 2 is 1.71 bits per heavy atom. The van der Waals surface area contributed by atoms with Gasteiger partial charge in [-0.3, -0.25) is 0 Å². The zero-order valence-electron chi connectivity index (χ0n) is 11.2. The molecule has 0 aromatic rings. The molecule has 17 heavy (non-hydrogen) atoms. The number of aliphatic carboxylic acids is 1. The first-order valence-electron chi connectivity index (χ1n) is 6.71. The van der Waals surface area contributed by atoms with Gasteiger partial charge in [0, 0.05) is 5.97 Å². The van der Waals surface area contributed by atoms with Gasteiger partial charge in [-0.1, -0.05) is 57.4 Å². The minimum atomic E-state index is -0.931. The predicted octanol–water partition coefficient (Wildman–Crippen LogP) is 3.24. The van der Waals surface area contributed by atoms with E-state index in [2.05, 4.69) is 31.2 Å². The number of hydrogen-bond donors (Lipinski definition) is 0. The molecule has 0 spiro atoms. The summed E-state index contributed by atoms with van der Waals surface area (Å²) < 4.78 is 0. The summed E-state index contributed by atoms with van der Waals surface area (Å²) in [5.74, 6) is -1.24. The van der Waals surface area contributed by atoms with Gasteiger partial charge in [-0.15, -0.1) is 0 Å². The zero-order chi connectivity index (χ0) is 12.9. The van der Waals surface area contributed by atoms with Crippen molar-refractivity contribution < 1.29 is 9.90 Å². The fourth-order valence-electron chi connectivity index (χ4n) is 1.50. The molecule has 1 unspecified atom stereocenters. The first kappa shape index (κ1) is 16.0. The number of carbonyl (C=O) groups is 1. The zero-order valence-corrected chi connectivity index (χ0v) is 11.2. The molecule has 0 heterocycles. The van der Waals surface area contributed by atoms with Crippen LogP contribution >= 0.6 is 0 Å². The van der Waals surface area contributed by atoms with E-state index < -0.39 is 5.97 Å². The summed E-state index contributed by atoms with van der Waals surface area (Å²) in [5.41, 5.74) is 0. The van der Waals surface area contributed by atoms with Crippen molar-refractivity contribution in [2.45, 2.75) is 58.8 Å². The summed E-state index contributed by atoms with van der Waals surface area (Å²) >= 11 is 0. The monoisotopic (exact) mass is 237 g/mol. The summed E-state index contributed by atoms with van der Waals surface area (Å²) in [7, 11) is 0. The molecule has 0 aromatic carbocycles. The maximum atomic E-state index is 10.5. The summed E-state index contributed by atoms with van der Waals surface area (Å²) in [6, 6.07) is 0. The Bertz CT molecular complexity index is 241. The molecule has 0 saturated heterocycles. The molecule has 0 aliphatic rings. The quantitative estimate of drug-likeness (QED) is 0.432. The molecule has 0 rings (SSSR count). The van der Waals surface area contributed by atoms with Gasteiger partial charge >= 0.3 is 0 Å². The number of hydrogen-bond acceptors (Lipinski definition) is 2. The minimum absolute atomic E-state index is 0.312. The lowest BCUT2D eigenvalue weighted by Crippen LogP contribution is -2.29. The number of carboxylic acids is 1. The average molecular weight is 237 g/mol. The SMILES string of the molecule is CCCC/C=C/C=C\CCCCC(C)C(=O)[O-]. The molecule has 0 saturated carbocycles. The van der Waals surface area contributed by atoms with Crippen molar-refractivity contribution >= 4 is 5.97 Å². The Morgan fingerprint density at radius 1 is 1.12 bits per heavy atom. The lowest BCUT2D eigenvalue weighted by Gasteiger charge is -2.10. The van der Waals surface area contributed by atoms with Gasteiger partial charge < -0.3 is 9.90 Å².